The Balaban J connectivity index is 2.02. The topological polar surface area (TPSA) is 44.2 Å². The first-order valence-corrected chi connectivity index (χ1v) is 5.87. The molecule has 0 saturated carbocycles. The molecule has 0 bridgehead atoms. The van der Waals surface area contributed by atoms with Crippen LogP contribution < -0.4 is 0 Å². The van der Waals surface area contributed by atoms with Crippen molar-refractivity contribution in [2.75, 3.05) is 13.2 Å². The summed E-state index contributed by atoms with van der Waals surface area (Å²) in [6, 6.07) is 0. The molecule has 0 radical (unpaired) electrons. The third-order valence-electron chi connectivity index (χ3n) is 3.18. The van der Waals surface area contributed by atoms with Crippen LogP contribution in [0, 0.1) is 0 Å². The van der Waals surface area contributed by atoms with Gasteiger partial charge in [0.05, 0.1) is 18.8 Å². The van der Waals surface area contributed by atoms with E-state index in [2.05, 4.69) is 10.2 Å². The van der Waals surface area contributed by atoms with Gasteiger partial charge in [-0.05, 0) is 0 Å². The van der Waals surface area contributed by atoms with Gasteiger partial charge in [0.1, 0.15) is 0 Å². The van der Waals surface area contributed by atoms with Crippen LogP contribution in [0.4, 0.5) is 0 Å². The molecule has 1 fully saturated rings. The van der Waals surface area contributed by atoms with E-state index in [9.17, 15) is 0 Å². The molecular weight excluding hydrogens is 251 g/mol. The van der Waals surface area contributed by atoms with Crippen LogP contribution in [-0.2, 0) is 22.5 Å². The highest BCUT2D eigenvalue weighted by molar-refractivity contribution is 6.32. The van der Waals surface area contributed by atoms with E-state index in [1.165, 1.54) is 0 Å². The molecule has 1 atom stereocenters. The SMILES string of the molecule is Clc1nnc(Cl)c2c1COC1(CCOC1)C2. The summed E-state index contributed by atoms with van der Waals surface area (Å²) in [6.45, 7) is 1.79. The first-order chi connectivity index (χ1) is 7.70. The van der Waals surface area contributed by atoms with Gasteiger partial charge in [-0.1, -0.05) is 23.2 Å². The van der Waals surface area contributed by atoms with Gasteiger partial charge in [0.15, 0.2) is 10.3 Å². The fourth-order valence-electron chi connectivity index (χ4n) is 2.22. The summed E-state index contributed by atoms with van der Waals surface area (Å²) in [5, 5.41) is 8.42. The van der Waals surface area contributed by atoms with E-state index < -0.39 is 0 Å². The van der Waals surface area contributed by atoms with Gasteiger partial charge in [0.2, 0.25) is 0 Å². The van der Waals surface area contributed by atoms with E-state index >= 15 is 0 Å². The van der Waals surface area contributed by atoms with Crippen LogP contribution >= 0.6 is 23.2 Å². The molecule has 2 aliphatic rings. The Morgan fingerprint density at radius 1 is 1.12 bits per heavy atom. The fourth-order valence-corrected chi connectivity index (χ4v) is 2.65. The summed E-state index contributed by atoms with van der Waals surface area (Å²) < 4.78 is 11.2. The largest absolute Gasteiger partial charge is 0.378 e. The second-order valence-electron chi connectivity index (χ2n) is 4.19. The van der Waals surface area contributed by atoms with Gasteiger partial charge in [-0.15, -0.1) is 10.2 Å². The van der Waals surface area contributed by atoms with E-state index in [0.717, 1.165) is 24.2 Å². The Bertz CT molecular complexity index is 433. The number of fused-ring (bicyclic) bond motifs is 1. The molecule has 1 aromatic heterocycles. The van der Waals surface area contributed by atoms with Crippen LogP contribution in [-0.4, -0.2) is 29.0 Å². The lowest BCUT2D eigenvalue weighted by atomic mass is 9.90. The Kier molecular flexibility index (Phi) is 2.55. The molecule has 1 saturated heterocycles. The van der Waals surface area contributed by atoms with Gasteiger partial charge in [-0.2, -0.15) is 0 Å². The van der Waals surface area contributed by atoms with Crippen LogP contribution in [0.1, 0.15) is 17.5 Å². The first kappa shape index (κ1) is 10.7. The Morgan fingerprint density at radius 3 is 2.56 bits per heavy atom. The molecule has 0 amide bonds. The molecule has 1 spiro atoms. The van der Waals surface area contributed by atoms with Gasteiger partial charge in [-0.3, -0.25) is 0 Å². The van der Waals surface area contributed by atoms with Gasteiger partial charge in [0, 0.05) is 30.6 Å². The highest BCUT2D eigenvalue weighted by Crippen LogP contribution is 2.38. The van der Waals surface area contributed by atoms with Crippen molar-refractivity contribution in [1.82, 2.24) is 10.2 Å². The molecule has 3 rings (SSSR count). The number of hydrogen-bond acceptors (Lipinski definition) is 4. The van der Waals surface area contributed by atoms with Crippen molar-refractivity contribution in [3.8, 4) is 0 Å². The molecule has 1 unspecified atom stereocenters. The standard InChI is InChI=1S/C10H10Cl2N2O2/c11-8-6-3-10(1-2-15-5-10)16-4-7(6)9(12)14-13-8/h1-5H2. The van der Waals surface area contributed by atoms with Gasteiger partial charge in [0.25, 0.3) is 0 Å². The average molecular weight is 261 g/mol. The predicted molar refractivity (Wildman–Crippen MR) is 58.7 cm³/mol. The number of rotatable bonds is 0. The third kappa shape index (κ3) is 1.61. The molecule has 16 heavy (non-hydrogen) atoms. The lowest BCUT2D eigenvalue weighted by Crippen LogP contribution is -2.39. The Morgan fingerprint density at radius 2 is 1.88 bits per heavy atom. The summed E-state index contributed by atoms with van der Waals surface area (Å²) in [5.74, 6) is 0. The van der Waals surface area contributed by atoms with Gasteiger partial charge >= 0.3 is 0 Å². The van der Waals surface area contributed by atoms with E-state index in [4.69, 9.17) is 32.7 Å². The summed E-state index contributed by atoms with van der Waals surface area (Å²) in [7, 11) is 0. The van der Waals surface area contributed by atoms with Crippen molar-refractivity contribution in [3.05, 3.63) is 21.4 Å². The molecule has 3 heterocycles. The molecule has 86 valence electrons. The highest BCUT2D eigenvalue weighted by atomic mass is 35.5. The molecule has 6 heteroatoms. The van der Waals surface area contributed by atoms with Crippen molar-refractivity contribution in [3.63, 3.8) is 0 Å². The number of halogens is 2. The van der Waals surface area contributed by atoms with Crippen molar-refractivity contribution in [1.29, 1.82) is 0 Å². The van der Waals surface area contributed by atoms with Crippen LogP contribution in [0.25, 0.3) is 0 Å². The highest BCUT2D eigenvalue weighted by Gasteiger charge is 2.41. The van der Waals surface area contributed by atoms with Crippen LogP contribution in [0.3, 0.4) is 0 Å². The molecule has 1 aromatic rings. The Hall–Kier alpha value is -0.420. The third-order valence-corrected chi connectivity index (χ3v) is 3.78. The maximum atomic E-state index is 6.05. The summed E-state index contributed by atoms with van der Waals surface area (Å²) in [5.41, 5.74) is 1.58. The number of nitrogens with zero attached hydrogens (tertiary/aromatic N) is 2. The zero-order valence-corrected chi connectivity index (χ0v) is 10.0. The van der Waals surface area contributed by atoms with E-state index in [0.29, 0.717) is 29.9 Å². The van der Waals surface area contributed by atoms with E-state index in [1.54, 1.807) is 0 Å². The van der Waals surface area contributed by atoms with Crippen molar-refractivity contribution in [2.45, 2.75) is 25.0 Å². The van der Waals surface area contributed by atoms with E-state index in [1.807, 2.05) is 0 Å². The normalized spacial score (nSPS) is 28.4. The summed E-state index contributed by atoms with van der Waals surface area (Å²) in [4.78, 5) is 0. The smallest absolute Gasteiger partial charge is 0.157 e. The fraction of sp³-hybridized carbons (Fsp3) is 0.600. The lowest BCUT2D eigenvalue weighted by Gasteiger charge is -2.33. The maximum Gasteiger partial charge on any atom is 0.157 e. The summed E-state index contributed by atoms with van der Waals surface area (Å²) >= 11 is 12.0. The van der Waals surface area contributed by atoms with Gasteiger partial charge < -0.3 is 9.47 Å². The second-order valence-corrected chi connectivity index (χ2v) is 4.91. The minimum absolute atomic E-state index is 0.233. The van der Waals surface area contributed by atoms with Crippen LogP contribution in [0.2, 0.25) is 10.3 Å². The minimum Gasteiger partial charge on any atom is -0.378 e. The quantitative estimate of drug-likeness (QED) is 0.716. The van der Waals surface area contributed by atoms with E-state index in [-0.39, 0.29) is 5.60 Å². The molecule has 0 aliphatic carbocycles. The first-order valence-electron chi connectivity index (χ1n) is 5.11. The predicted octanol–water partition coefficient (Wildman–Crippen LogP) is 2.02. The van der Waals surface area contributed by atoms with Crippen molar-refractivity contribution >= 4 is 23.2 Å². The maximum absolute atomic E-state index is 6.05. The molecular formula is C10H10Cl2N2O2. The molecule has 0 aromatic carbocycles. The molecule has 0 N–H and O–H groups in total. The van der Waals surface area contributed by atoms with Gasteiger partial charge in [-0.25, -0.2) is 0 Å². The number of aromatic nitrogens is 2. The lowest BCUT2D eigenvalue weighted by molar-refractivity contribution is -0.0696. The average Bonchev–Trinajstić information content (AvgIpc) is 2.72. The zero-order valence-electron chi connectivity index (χ0n) is 8.50. The van der Waals surface area contributed by atoms with Crippen LogP contribution in [0.5, 0.6) is 0 Å². The monoisotopic (exact) mass is 260 g/mol. The van der Waals surface area contributed by atoms with Crippen molar-refractivity contribution in [2.24, 2.45) is 0 Å². The van der Waals surface area contributed by atoms with Crippen molar-refractivity contribution < 1.29 is 9.47 Å². The number of ether oxygens (including phenoxy) is 2. The minimum atomic E-state index is -0.233. The molecule has 4 nitrogen and oxygen atoms in total. The Labute approximate surface area is 103 Å². The van der Waals surface area contributed by atoms with Crippen LogP contribution in [0.15, 0.2) is 0 Å². The number of hydrogen-bond donors (Lipinski definition) is 0. The second kappa shape index (κ2) is 3.81. The summed E-state index contributed by atoms with van der Waals surface area (Å²) in [6.07, 6.45) is 1.60. The zero-order chi connectivity index (χ0) is 11.2. The molecule has 2 aliphatic heterocycles.